The van der Waals surface area contributed by atoms with Gasteiger partial charge in [0.1, 0.15) is 6.04 Å². The number of hydrogen-bond acceptors (Lipinski definition) is 4. The molecule has 0 bridgehead atoms. The number of amides is 1. The van der Waals surface area contributed by atoms with Crippen molar-refractivity contribution in [2.45, 2.75) is 12.2 Å². The van der Waals surface area contributed by atoms with Crippen LogP contribution in [-0.2, 0) is 11.0 Å². The van der Waals surface area contributed by atoms with Crippen LogP contribution in [0.4, 0.5) is 24.5 Å². The summed E-state index contributed by atoms with van der Waals surface area (Å²) in [5.41, 5.74) is -0.292. The molecule has 2 N–H and O–H groups in total. The molecule has 3 aromatic rings. The van der Waals surface area contributed by atoms with Crippen molar-refractivity contribution in [3.05, 3.63) is 82.9 Å². The Balaban J connectivity index is 1.64. The third-order valence-electron chi connectivity index (χ3n) is 4.62. The zero-order chi connectivity index (χ0) is 22.0. The van der Waals surface area contributed by atoms with Crippen LogP contribution in [0, 0.1) is 0 Å². The number of ether oxygens (including phenoxy) is 2. The molecule has 3 aromatic carbocycles. The van der Waals surface area contributed by atoms with Gasteiger partial charge in [0.2, 0.25) is 6.79 Å². The van der Waals surface area contributed by atoms with Crippen LogP contribution >= 0.6 is 11.6 Å². The molecule has 4 rings (SSSR count). The summed E-state index contributed by atoms with van der Waals surface area (Å²) in [5.74, 6) is 0.410. The number of alkyl halides is 3. The van der Waals surface area contributed by atoms with E-state index in [1.807, 2.05) is 0 Å². The number of hydrogen-bond donors (Lipinski definition) is 2. The first-order valence-corrected chi connectivity index (χ1v) is 9.58. The van der Waals surface area contributed by atoms with Gasteiger partial charge in [0.15, 0.2) is 11.5 Å². The number of rotatable bonds is 5. The summed E-state index contributed by atoms with van der Waals surface area (Å²) in [6.07, 6.45) is -4.68. The fourth-order valence-electron chi connectivity index (χ4n) is 3.16. The molecule has 5 nitrogen and oxygen atoms in total. The third kappa shape index (κ3) is 4.69. The van der Waals surface area contributed by atoms with Crippen molar-refractivity contribution in [2.24, 2.45) is 0 Å². The zero-order valence-electron chi connectivity index (χ0n) is 15.9. The van der Waals surface area contributed by atoms with Crippen molar-refractivity contribution >= 4 is 28.9 Å². The van der Waals surface area contributed by atoms with E-state index < -0.39 is 23.7 Å². The van der Waals surface area contributed by atoms with Gasteiger partial charge >= 0.3 is 6.18 Å². The molecule has 1 aliphatic rings. The van der Waals surface area contributed by atoms with E-state index in [2.05, 4.69) is 10.6 Å². The number of benzene rings is 3. The Labute approximate surface area is 180 Å². The first-order chi connectivity index (χ1) is 14.8. The van der Waals surface area contributed by atoms with Crippen LogP contribution in [0.5, 0.6) is 11.5 Å². The van der Waals surface area contributed by atoms with E-state index in [4.69, 9.17) is 21.1 Å². The van der Waals surface area contributed by atoms with Crippen LogP contribution < -0.4 is 20.1 Å². The minimum Gasteiger partial charge on any atom is -0.454 e. The van der Waals surface area contributed by atoms with E-state index in [-0.39, 0.29) is 17.5 Å². The van der Waals surface area contributed by atoms with E-state index in [1.54, 1.807) is 48.5 Å². The minimum absolute atomic E-state index is 0.0802. The Morgan fingerprint density at radius 3 is 2.45 bits per heavy atom. The second-order valence-corrected chi connectivity index (χ2v) is 7.17. The summed E-state index contributed by atoms with van der Waals surface area (Å²) in [7, 11) is 0. The molecule has 31 heavy (non-hydrogen) atoms. The molecule has 1 heterocycles. The van der Waals surface area contributed by atoms with Crippen LogP contribution in [0.25, 0.3) is 0 Å². The smallest absolute Gasteiger partial charge is 0.418 e. The summed E-state index contributed by atoms with van der Waals surface area (Å²) < 4.78 is 50.9. The monoisotopic (exact) mass is 448 g/mol. The highest BCUT2D eigenvalue weighted by Crippen LogP contribution is 2.38. The minimum atomic E-state index is -4.68. The molecule has 1 unspecified atom stereocenters. The Morgan fingerprint density at radius 1 is 0.968 bits per heavy atom. The maximum absolute atomic E-state index is 13.4. The molecule has 1 amide bonds. The Hall–Kier alpha value is -3.39. The van der Waals surface area contributed by atoms with Crippen molar-refractivity contribution in [3.8, 4) is 11.5 Å². The van der Waals surface area contributed by atoms with Crippen LogP contribution in [0.1, 0.15) is 17.2 Å². The lowest BCUT2D eigenvalue weighted by Gasteiger charge is -2.22. The molecule has 0 radical (unpaired) electrons. The van der Waals surface area contributed by atoms with Gasteiger partial charge in [0, 0.05) is 16.8 Å². The van der Waals surface area contributed by atoms with Gasteiger partial charge in [-0.05, 0) is 35.9 Å². The van der Waals surface area contributed by atoms with Gasteiger partial charge in [-0.3, -0.25) is 4.79 Å². The number of halogens is 4. The number of nitrogens with one attached hydrogen (secondary N) is 2. The second kappa shape index (κ2) is 8.39. The van der Waals surface area contributed by atoms with E-state index in [0.29, 0.717) is 22.7 Å². The van der Waals surface area contributed by atoms with Crippen LogP contribution in [0.2, 0.25) is 5.02 Å². The maximum atomic E-state index is 13.4. The molecular weight excluding hydrogens is 433 g/mol. The number of fused-ring (bicyclic) bond motifs is 1. The van der Waals surface area contributed by atoms with Crippen LogP contribution in [0.3, 0.4) is 0 Å². The Morgan fingerprint density at radius 2 is 1.71 bits per heavy atom. The van der Waals surface area contributed by atoms with Crippen LogP contribution in [0.15, 0.2) is 66.7 Å². The maximum Gasteiger partial charge on any atom is 0.418 e. The fraction of sp³-hybridized carbons (Fsp3) is 0.136. The van der Waals surface area contributed by atoms with Gasteiger partial charge in [-0.1, -0.05) is 41.9 Å². The van der Waals surface area contributed by atoms with Gasteiger partial charge in [0.25, 0.3) is 5.91 Å². The van der Waals surface area contributed by atoms with Crippen LogP contribution in [-0.4, -0.2) is 12.7 Å². The summed E-state index contributed by atoms with van der Waals surface area (Å²) in [6, 6.07) is 15.9. The van der Waals surface area contributed by atoms with Gasteiger partial charge in [-0.15, -0.1) is 0 Å². The van der Waals surface area contributed by atoms with E-state index in [0.717, 1.165) is 12.1 Å². The molecule has 9 heteroatoms. The second-order valence-electron chi connectivity index (χ2n) is 6.73. The topological polar surface area (TPSA) is 59.6 Å². The molecule has 0 spiro atoms. The Kier molecular flexibility index (Phi) is 5.65. The van der Waals surface area contributed by atoms with Gasteiger partial charge < -0.3 is 20.1 Å². The lowest BCUT2D eigenvalue weighted by atomic mass is 10.0. The average Bonchev–Trinajstić information content (AvgIpc) is 3.21. The molecule has 0 aromatic heterocycles. The highest BCUT2D eigenvalue weighted by atomic mass is 35.5. The highest BCUT2D eigenvalue weighted by Gasteiger charge is 2.35. The van der Waals surface area contributed by atoms with E-state index in [1.165, 1.54) is 6.07 Å². The number of carbonyl (C=O) groups excluding carboxylic acids is 1. The fourth-order valence-corrected chi connectivity index (χ4v) is 3.34. The summed E-state index contributed by atoms with van der Waals surface area (Å²) in [4.78, 5) is 13.1. The Bertz CT molecular complexity index is 1110. The molecule has 0 aliphatic carbocycles. The van der Waals surface area contributed by atoms with E-state index >= 15 is 0 Å². The molecule has 1 aliphatic heterocycles. The zero-order valence-corrected chi connectivity index (χ0v) is 16.6. The molecule has 0 saturated heterocycles. The number of anilines is 2. The van der Waals surface area contributed by atoms with Crippen molar-refractivity contribution in [3.63, 3.8) is 0 Å². The predicted molar refractivity (Wildman–Crippen MR) is 110 cm³/mol. The van der Waals surface area contributed by atoms with Gasteiger partial charge in [0.05, 0.1) is 11.3 Å². The van der Waals surface area contributed by atoms with Gasteiger partial charge in [-0.2, -0.15) is 13.2 Å². The summed E-state index contributed by atoms with van der Waals surface area (Å²) >= 11 is 5.72. The summed E-state index contributed by atoms with van der Waals surface area (Å²) in [6.45, 7) is 0.0954. The normalized spacial score (nSPS) is 13.5. The van der Waals surface area contributed by atoms with Crippen molar-refractivity contribution in [2.75, 3.05) is 17.4 Å². The molecule has 0 saturated carbocycles. The molecular formula is C22H16ClF3N2O3. The first kappa shape index (κ1) is 20.9. The molecule has 0 fully saturated rings. The average molecular weight is 449 g/mol. The molecule has 1 atom stereocenters. The van der Waals surface area contributed by atoms with Crippen molar-refractivity contribution < 1.29 is 27.4 Å². The SMILES string of the molecule is O=C(Nc1ccc(Cl)cc1C(F)(F)F)C(Nc1ccc2c(c1)OCO2)c1ccccc1. The lowest BCUT2D eigenvalue weighted by molar-refractivity contribution is -0.137. The third-order valence-corrected chi connectivity index (χ3v) is 4.86. The highest BCUT2D eigenvalue weighted by molar-refractivity contribution is 6.30. The predicted octanol–water partition coefficient (Wildman–Crippen LogP) is 5.88. The first-order valence-electron chi connectivity index (χ1n) is 9.20. The largest absolute Gasteiger partial charge is 0.454 e. The van der Waals surface area contributed by atoms with E-state index in [9.17, 15) is 18.0 Å². The standard InChI is InChI=1S/C22H16ClF3N2O3/c23-14-6-8-17(16(10-14)22(24,25)26)28-21(29)20(13-4-2-1-3-5-13)27-15-7-9-18-19(11-15)31-12-30-18/h1-11,20,27H,12H2,(H,28,29). The summed E-state index contributed by atoms with van der Waals surface area (Å²) in [5, 5.41) is 5.36. The van der Waals surface area contributed by atoms with Crippen molar-refractivity contribution in [1.29, 1.82) is 0 Å². The lowest BCUT2D eigenvalue weighted by Crippen LogP contribution is -2.28. The molecule has 160 valence electrons. The van der Waals surface area contributed by atoms with Gasteiger partial charge in [-0.25, -0.2) is 0 Å². The quantitative estimate of drug-likeness (QED) is 0.511. The van der Waals surface area contributed by atoms with Crippen molar-refractivity contribution in [1.82, 2.24) is 0 Å². The number of carbonyl (C=O) groups is 1.